The van der Waals surface area contributed by atoms with Crippen molar-refractivity contribution in [2.24, 2.45) is 0 Å². The molecule has 20 heavy (non-hydrogen) atoms. The summed E-state index contributed by atoms with van der Waals surface area (Å²) >= 11 is 0. The predicted octanol–water partition coefficient (Wildman–Crippen LogP) is 1.94. The quantitative estimate of drug-likeness (QED) is 0.897. The van der Waals surface area contributed by atoms with Crippen LogP contribution in [0.25, 0.3) is 0 Å². The molecule has 0 fully saturated rings. The molecular formula is C14H13N3O3. The predicted molar refractivity (Wildman–Crippen MR) is 69.6 cm³/mol. The van der Waals surface area contributed by atoms with Crippen LogP contribution in [0.2, 0.25) is 0 Å². The Morgan fingerprint density at radius 1 is 1.50 bits per heavy atom. The van der Waals surface area contributed by atoms with Gasteiger partial charge in [-0.1, -0.05) is 0 Å². The zero-order chi connectivity index (χ0) is 14.4. The Hall–Kier alpha value is -2.81. The SMILES string of the molecule is N#CCCN(Cc1ccco1)C(=O)c1cncc(O)c1. The molecule has 2 aromatic heterocycles. The van der Waals surface area contributed by atoms with E-state index in [-0.39, 0.29) is 36.7 Å². The molecule has 2 aromatic rings. The molecule has 6 nitrogen and oxygen atoms in total. The maximum Gasteiger partial charge on any atom is 0.255 e. The van der Waals surface area contributed by atoms with Crippen molar-refractivity contribution in [1.29, 1.82) is 5.26 Å². The lowest BCUT2D eigenvalue weighted by atomic mass is 10.2. The molecule has 0 aliphatic rings. The van der Waals surface area contributed by atoms with E-state index in [4.69, 9.17) is 9.68 Å². The van der Waals surface area contributed by atoms with Crippen LogP contribution in [0.3, 0.4) is 0 Å². The molecule has 0 spiro atoms. The summed E-state index contributed by atoms with van der Waals surface area (Å²) in [5, 5.41) is 18.0. The number of aromatic nitrogens is 1. The van der Waals surface area contributed by atoms with Crippen molar-refractivity contribution in [2.45, 2.75) is 13.0 Å². The van der Waals surface area contributed by atoms with E-state index in [0.29, 0.717) is 5.76 Å². The van der Waals surface area contributed by atoms with Gasteiger partial charge < -0.3 is 14.4 Å². The van der Waals surface area contributed by atoms with Crippen molar-refractivity contribution in [3.63, 3.8) is 0 Å². The van der Waals surface area contributed by atoms with Gasteiger partial charge in [0.25, 0.3) is 5.91 Å². The minimum Gasteiger partial charge on any atom is -0.506 e. The minimum atomic E-state index is -0.306. The molecule has 0 saturated heterocycles. The smallest absolute Gasteiger partial charge is 0.255 e. The Morgan fingerprint density at radius 2 is 2.35 bits per heavy atom. The molecule has 102 valence electrons. The summed E-state index contributed by atoms with van der Waals surface area (Å²) in [4.78, 5) is 17.6. The monoisotopic (exact) mass is 271 g/mol. The highest BCUT2D eigenvalue weighted by molar-refractivity contribution is 5.94. The Morgan fingerprint density at radius 3 is 3.00 bits per heavy atom. The first-order valence-corrected chi connectivity index (χ1v) is 6.03. The van der Waals surface area contributed by atoms with Crippen LogP contribution in [0.15, 0.2) is 41.3 Å². The van der Waals surface area contributed by atoms with Gasteiger partial charge in [-0.05, 0) is 18.2 Å². The summed E-state index contributed by atoms with van der Waals surface area (Å²) in [7, 11) is 0. The number of amides is 1. The number of carbonyl (C=O) groups is 1. The average molecular weight is 271 g/mol. The summed E-state index contributed by atoms with van der Waals surface area (Å²) < 4.78 is 5.21. The standard InChI is InChI=1S/C14H13N3O3/c15-4-2-5-17(10-13-3-1-6-20-13)14(19)11-7-12(18)9-16-8-11/h1,3,6-9,18H,2,5,10H2. The van der Waals surface area contributed by atoms with Crippen molar-refractivity contribution < 1.29 is 14.3 Å². The van der Waals surface area contributed by atoms with Crippen molar-refractivity contribution >= 4 is 5.91 Å². The molecule has 6 heteroatoms. The molecule has 1 amide bonds. The number of rotatable bonds is 5. The molecule has 0 atom stereocenters. The van der Waals surface area contributed by atoms with E-state index in [2.05, 4.69) is 4.98 Å². The molecule has 2 heterocycles. The number of pyridine rings is 1. The van der Waals surface area contributed by atoms with Gasteiger partial charge >= 0.3 is 0 Å². The first kappa shape index (κ1) is 13.6. The number of hydrogen-bond acceptors (Lipinski definition) is 5. The molecule has 2 rings (SSSR count). The lowest BCUT2D eigenvalue weighted by Gasteiger charge is -2.20. The van der Waals surface area contributed by atoms with Gasteiger partial charge in [0.05, 0.1) is 37.1 Å². The van der Waals surface area contributed by atoms with E-state index in [0.717, 1.165) is 0 Å². The highest BCUT2D eigenvalue weighted by Gasteiger charge is 2.17. The number of aromatic hydroxyl groups is 1. The van der Waals surface area contributed by atoms with Gasteiger partial charge in [-0.25, -0.2) is 0 Å². The van der Waals surface area contributed by atoms with Gasteiger partial charge in [-0.2, -0.15) is 5.26 Å². The second kappa shape index (κ2) is 6.38. The molecule has 0 aliphatic heterocycles. The Kier molecular flexibility index (Phi) is 4.35. The van der Waals surface area contributed by atoms with E-state index in [1.54, 1.807) is 12.1 Å². The topological polar surface area (TPSA) is 90.4 Å². The van der Waals surface area contributed by atoms with Crippen LogP contribution in [-0.4, -0.2) is 27.4 Å². The van der Waals surface area contributed by atoms with Gasteiger partial charge in [-0.15, -0.1) is 0 Å². The number of furan rings is 1. The minimum absolute atomic E-state index is 0.0749. The van der Waals surface area contributed by atoms with Crippen LogP contribution in [0.5, 0.6) is 5.75 Å². The van der Waals surface area contributed by atoms with Gasteiger partial charge in [0.2, 0.25) is 0 Å². The lowest BCUT2D eigenvalue weighted by molar-refractivity contribution is 0.0734. The zero-order valence-electron chi connectivity index (χ0n) is 10.7. The molecule has 0 bridgehead atoms. The highest BCUT2D eigenvalue weighted by atomic mass is 16.3. The summed E-state index contributed by atoms with van der Waals surface area (Å²) in [5.74, 6) is 0.249. The summed E-state index contributed by atoms with van der Waals surface area (Å²) in [5.41, 5.74) is 0.273. The maximum absolute atomic E-state index is 12.4. The van der Waals surface area contributed by atoms with Crippen molar-refractivity contribution in [1.82, 2.24) is 9.88 Å². The Bertz CT molecular complexity index is 617. The largest absolute Gasteiger partial charge is 0.506 e. The van der Waals surface area contributed by atoms with Gasteiger partial charge in [0.1, 0.15) is 11.5 Å². The first-order chi connectivity index (χ1) is 9.70. The van der Waals surface area contributed by atoms with Gasteiger partial charge in [0.15, 0.2) is 0 Å². The normalized spacial score (nSPS) is 9.95. The van der Waals surface area contributed by atoms with E-state index >= 15 is 0 Å². The van der Waals surface area contributed by atoms with E-state index in [9.17, 15) is 9.90 Å². The summed E-state index contributed by atoms with van der Waals surface area (Å²) in [6.45, 7) is 0.550. The fraction of sp³-hybridized carbons (Fsp3) is 0.214. The number of carbonyl (C=O) groups excluding carboxylic acids is 1. The summed E-state index contributed by atoms with van der Waals surface area (Å²) in [6, 6.07) is 6.84. The fourth-order valence-corrected chi connectivity index (χ4v) is 1.76. The molecule has 0 saturated carbocycles. The molecule has 0 unspecified atom stereocenters. The van der Waals surface area contributed by atoms with Gasteiger partial charge in [0, 0.05) is 12.7 Å². The van der Waals surface area contributed by atoms with Gasteiger partial charge in [-0.3, -0.25) is 9.78 Å². The fourth-order valence-electron chi connectivity index (χ4n) is 1.76. The van der Waals surface area contributed by atoms with Crippen molar-refractivity contribution in [2.75, 3.05) is 6.54 Å². The highest BCUT2D eigenvalue weighted by Crippen LogP contribution is 2.14. The van der Waals surface area contributed by atoms with Crippen LogP contribution >= 0.6 is 0 Å². The third kappa shape index (κ3) is 3.36. The van der Waals surface area contributed by atoms with Crippen LogP contribution in [0.4, 0.5) is 0 Å². The molecule has 1 N–H and O–H groups in total. The second-order valence-corrected chi connectivity index (χ2v) is 4.15. The number of hydrogen-bond donors (Lipinski definition) is 1. The zero-order valence-corrected chi connectivity index (χ0v) is 10.7. The van der Waals surface area contributed by atoms with E-state index < -0.39 is 0 Å². The summed E-state index contributed by atoms with van der Waals surface area (Å²) in [6.07, 6.45) is 4.38. The van der Waals surface area contributed by atoms with Crippen LogP contribution in [0, 0.1) is 11.3 Å². The number of nitriles is 1. The molecule has 0 aliphatic carbocycles. The van der Waals surface area contributed by atoms with Crippen LogP contribution < -0.4 is 0 Å². The average Bonchev–Trinajstić information content (AvgIpc) is 2.95. The number of nitrogens with zero attached hydrogens (tertiary/aromatic N) is 3. The molecule has 0 radical (unpaired) electrons. The molecular weight excluding hydrogens is 258 g/mol. The Labute approximate surface area is 115 Å². The van der Waals surface area contributed by atoms with Crippen molar-refractivity contribution in [3.8, 4) is 11.8 Å². The maximum atomic E-state index is 12.4. The third-order valence-corrected chi connectivity index (χ3v) is 2.68. The third-order valence-electron chi connectivity index (χ3n) is 2.68. The first-order valence-electron chi connectivity index (χ1n) is 6.03. The molecule has 0 aromatic carbocycles. The van der Waals surface area contributed by atoms with Crippen LogP contribution in [-0.2, 0) is 6.54 Å². The van der Waals surface area contributed by atoms with E-state index in [1.807, 2.05) is 6.07 Å². The second-order valence-electron chi connectivity index (χ2n) is 4.15. The van der Waals surface area contributed by atoms with Crippen LogP contribution in [0.1, 0.15) is 22.5 Å². The Balaban J connectivity index is 2.17. The van der Waals surface area contributed by atoms with E-state index in [1.165, 1.54) is 29.6 Å². The van der Waals surface area contributed by atoms with Crippen molar-refractivity contribution in [3.05, 3.63) is 48.2 Å². The lowest BCUT2D eigenvalue weighted by Crippen LogP contribution is -2.31.